The Balaban J connectivity index is 2.24. The van der Waals surface area contributed by atoms with E-state index in [4.69, 9.17) is 5.73 Å². The molecule has 19 heavy (non-hydrogen) atoms. The van der Waals surface area contributed by atoms with E-state index in [1.165, 1.54) is 6.42 Å². The smallest absolute Gasteiger partial charge is 0.293 e. The lowest BCUT2D eigenvalue weighted by atomic mass is 9.91. The molecule has 1 aliphatic rings. The fourth-order valence-electron chi connectivity index (χ4n) is 2.47. The van der Waals surface area contributed by atoms with Gasteiger partial charge >= 0.3 is 0 Å². The van der Waals surface area contributed by atoms with Crippen LogP contribution >= 0.6 is 0 Å². The van der Waals surface area contributed by atoms with Gasteiger partial charge in [-0.25, -0.2) is 4.98 Å². The zero-order valence-corrected chi connectivity index (χ0v) is 11.7. The summed E-state index contributed by atoms with van der Waals surface area (Å²) in [5.74, 6) is 0.606. The number of nitrogens with zero attached hydrogens (tertiary/aromatic N) is 3. The summed E-state index contributed by atoms with van der Waals surface area (Å²) in [6.45, 7) is 4.31. The molecule has 2 rings (SSSR count). The van der Waals surface area contributed by atoms with Crippen molar-refractivity contribution in [3.8, 4) is 0 Å². The van der Waals surface area contributed by atoms with Gasteiger partial charge in [0.15, 0.2) is 5.82 Å². The minimum atomic E-state index is 0.0354. The van der Waals surface area contributed by atoms with Crippen molar-refractivity contribution in [3.63, 3.8) is 0 Å². The molecule has 0 amide bonds. The lowest BCUT2D eigenvalue weighted by Gasteiger charge is -2.38. The van der Waals surface area contributed by atoms with Crippen molar-refractivity contribution in [2.75, 3.05) is 18.0 Å². The highest BCUT2D eigenvalue weighted by Gasteiger charge is 2.27. The van der Waals surface area contributed by atoms with Crippen molar-refractivity contribution in [3.05, 3.63) is 22.7 Å². The van der Waals surface area contributed by atoms with E-state index in [2.05, 4.69) is 16.8 Å². The monoisotopic (exact) mass is 264 g/mol. The average molecular weight is 264 g/mol. The van der Waals surface area contributed by atoms with E-state index in [1.54, 1.807) is 17.0 Å². The van der Waals surface area contributed by atoms with Crippen molar-refractivity contribution < 1.29 is 0 Å². The quantitative estimate of drug-likeness (QED) is 0.807. The SMILES string of the molecule is CCCn1ccnc(N(CCCN)C2CCC2)c1=O. The maximum atomic E-state index is 12.4. The molecule has 0 bridgehead atoms. The Morgan fingerprint density at radius 3 is 2.89 bits per heavy atom. The van der Waals surface area contributed by atoms with Crippen molar-refractivity contribution in [1.29, 1.82) is 0 Å². The molecular formula is C14H24N4O. The first-order chi connectivity index (χ1) is 9.27. The van der Waals surface area contributed by atoms with Crippen molar-refractivity contribution >= 4 is 5.82 Å². The Bertz CT molecular complexity index is 453. The van der Waals surface area contributed by atoms with Gasteiger partial charge in [-0.15, -0.1) is 0 Å². The molecule has 1 saturated carbocycles. The van der Waals surface area contributed by atoms with Crippen LogP contribution in [-0.4, -0.2) is 28.7 Å². The first-order valence-corrected chi connectivity index (χ1v) is 7.30. The van der Waals surface area contributed by atoms with E-state index in [0.717, 1.165) is 38.8 Å². The molecule has 1 aromatic heterocycles. The summed E-state index contributed by atoms with van der Waals surface area (Å²) in [6, 6.07) is 0.476. The maximum Gasteiger partial charge on any atom is 0.293 e. The molecule has 1 fully saturated rings. The number of aryl methyl sites for hydroxylation is 1. The fourth-order valence-corrected chi connectivity index (χ4v) is 2.47. The molecule has 0 radical (unpaired) electrons. The van der Waals surface area contributed by atoms with Crippen molar-refractivity contribution in [1.82, 2.24) is 9.55 Å². The van der Waals surface area contributed by atoms with E-state index in [0.29, 0.717) is 18.4 Å². The van der Waals surface area contributed by atoms with Crippen LogP contribution in [0.1, 0.15) is 39.0 Å². The van der Waals surface area contributed by atoms with Gasteiger partial charge < -0.3 is 15.2 Å². The van der Waals surface area contributed by atoms with E-state index >= 15 is 0 Å². The molecule has 2 N–H and O–H groups in total. The Kier molecular flexibility index (Phi) is 4.96. The summed E-state index contributed by atoms with van der Waals surface area (Å²) < 4.78 is 1.76. The summed E-state index contributed by atoms with van der Waals surface area (Å²) >= 11 is 0. The number of nitrogens with two attached hydrogens (primary N) is 1. The van der Waals surface area contributed by atoms with Gasteiger partial charge in [-0.05, 0) is 38.6 Å². The van der Waals surface area contributed by atoms with E-state index in [1.807, 2.05) is 0 Å². The zero-order chi connectivity index (χ0) is 13.7. The summed E-state index contributed by atoms with van der Waals surface area (Å²) in [5.41, 5.74) is 5.64. The molecular weight excluding hydrogens is 240 g/mol. The second kappa shape index (κ2) is 6.70. The zero-order valence-electron chi connectivity index (χ0n) is 11.7. The third-order valence-electron chi connectivity index (χ3n) is 3.75. The number of rotatable bonds is 7. The second-order valence-corrected chi connectivity index (χ2v) is 5.17. The van der Waals surface area contributed by atoms with Crippen LogP contribution in [0.3, 0.4) is 0 Å². The highest BCUT2D eigenvalue weighted by molar-refractivity contribution is 5.38. The third kappa shape index (κ3) is 3.15. The van der Waals surface area contributed by atoms with Crippen LogP contribution in [0.25, 0.3) is 0 Å². The number of aromatic nitrogens is 2. The Morgan fingerprint density at radius 1 is 1.53 bits per heavy atom. The lowest BCUT2D eigenvalue weighted by Crippen LogP contribution is -2.45. The Labute approximate surface area is 114 Å². The van der Waals surface area contributed by atoms with Gasteiger partial charge in [-0.2, -0.15) is 0 Å². The van der Waals surface area contributed by atoms with Crippen LogP contribution in [0.4, 0.5) is 5.82 Å². The predicted octanol–water partition coefficient (Wildman–Crippen LogP) is 1.36. The summed E-state index contributed by atoms with van der Waals surface area (Å²) in [7, 11) is 0. The largest absolute Gasteiger partial charge is 0.349 e. The van der Waals surface area contributed by atoms with E-state index in [-0.39, 0.29) is 5.56 Å². The van der Waals surface area contributed by atoms with Gasteiger partial charge in [0.25, 0.3) is 5.56 Å². The molecule has 0 atom stereocenters. The second-order valence-electron chi connectivity index (χ2n) is 5.17. The molecule has 106 valence electrons. The summed E-state index contributed by atoms with van der Waals surface area (Å²) in [4.78, 5) is 18.9. The molecule has 1 heterocycles. The standard InChI is InChI=1S/C14H24N4O/c1-2-9-17-11-8-16-13(14(17)19)18(10-4-7-15)12-5-3-6-12/h8,11-12H,2-7,9-10,15H2,1H3. The average Bonchev–Trinajstić information content (AvgIpc) is 2.35. The molecule has 1 aromatic rings. The van der Waals surface area contributed by atoms with Crippen LogP contribution in [0.2, 0.25) is 0 Å². The first-order valence-electron chi connectivity index (χ1n) is 7.30. The summed E-state index contributed by atoms with van der Waals surface area (Å²) in [6.07, 6.45) is 8.94. The summed E-state index contributed by atoms with van der Waals surface area (Å²) in [5, 5.41) is 0. The normalized spacial score (nSPS) is 15.3. The van der Waals surface area contributed by atoms with Gasteiger partial charge in [-0.3, -0.25) is 4.79 Å². The molecule has 0 saturated heterocycles. The molecule has 5 nitrogen and oxygen atoms in total. The highest BCUT2D eigenvalue weighted by atomic mass is 16.1. The predicted molar refractivity (Wildman–Crippen MR) is 77.4 cm³/mol. The number of hydrogen-bond donors (Lipinski definition) is 1. The van der Waals surface area contributed by atoms with Crippen molar-refractivity contribution in [2.24, 2.45) is 5.73 Å². The lowest BCUT2D eigenvalue weighted by molar-refractivity contribution is 0.381. The van der Waals surface area contributed by atoms with Gasteiger partial charge in [0, 0.05) is 31.5 Å². The van der Waals surface area contributed by atoms with Gasteiger partial charge in [0.05, 0.1) is 0 Å². The molecule has 0 aromatic carbocycles. The van der Waals surface area contributed by atoms with Gasteiger partial charge in [0.2, 0.25) is 0 Å². The molecule has 0 spiro atoms. The third-order valence-corrected chi connectivity index (χ3v) is 3.75. The minimum absolute atomic E-state index is 0.0354. The molecule has 5 heteroatoms. The van der Waals surface area contributed by atoms with Gasteiger partial charge in [0.1, 0.15) is 0 Å². The fraction of sp³-hybridized carbons (Fsp3) is 0.714. The Hall–Kier alpha value is -1.36. The first kappa shape index (κ1) is 14.1. The molecule has 0 aliphatic heterocycles. The van der Waals surface area contributed by atoms with E-state index in [9.17, 15) is 4.79 Å². The topological polar surface area (TPSA) is 64.2 Å². The van der Waals surface area contributed by atoms with Crippen LogP contribution in [0.15, 0.2) is 17.2 Å². The van der Waals surface area contributed by atoms with Gasteiger partial charge in [-0.1, -0.05) is 6.92 Å². The van der Waals surface area contributed by atoms with Crippen LogP contribution in [0.5, 0.6) is 0 Å². The number of hydrogen-bond acceptors (Lipinski definition) is 4. The Morgan fingerprint density at radius 2 is 2.32 bits per heavy atom. The number of anilines is 1. The van der Waals surface area contributed by atoms with Crippen molar-refractivity contribution in [2.45, 2.75) is 51.6 Å². The molecule has 0 unspecified atom stereocenters. The van der Waals surface area contributed by atoms with Crippen LogP contribution in [0, 0.1) is 0 Å². The van der Waals surface area contributed by atoms with Crippen LogP contribution < -0.4 is 16.2 Å². The highest BCUT2D eigenvalue weighted by Crippen LogP contribution is 2.27. The van der Waals surface area contributed by atoms with Crippen LogP contribution in [-0.2, 0) is 6.54 Å². The molecule has 1 aliphatic carbocycles. The minimum Gasteiger partial charge on any atom is -0.349 e. The maximum absolute atomic E-state index is 12.4. The van der Waals surface area contributed by atoms with E-state index < -0.39 is 0 Å².